The molecule has 1 aromatic heterocycles. The molecule has 10 heteroatoms. The van der Waals surface area contributed by atoms with E-state index in [0.29, 0.717) is 28.5 Å². The van der Waals surface area contributed by atoms with E-state index in [9.17, 15) is 23.6 Å². The number of nitrogens with one attached hydrogen (secondary N) is 1. The Balaban J connectivity index is 1.47. The third-order valence-electron chi connectivity index (χ3n) is 5.88. The van der Waals surface area contributed by atoms with Crippen LogP contribution in [0.15, 0.2) is 47.3 Å². The number of fused-ring (bicyclic) bond motifs is 1. The lowest BCUT2D eigenvalue weighted by Gasteiger charge is -2.35. The van der Waals surface area contributed by atoms with E-state index >= 15 is 0 Å². The van der Waals surface area contributed by atoms with E-state index in [1.54, 1.807) is 30.3 Å². The van der Waals surface area contributed by atoms with Crippen LogP contribution in [0.3, 0.4) is 0 Å². The Bertz CT molecular complexity index is 1310. The summed E-state index contributed by atoms with van der Waals surface area (Å²) < 4.78 is 14.6. The lowest BCUT2D eigenvalue weighted by atomic mass is 10.0. The van der Waals surface area contributed by atoms with E-state index in [0.717, 1.165) is 0 Å². The number of aromatic amines is 1. The molecule has 1 aliphatic rings. The van der Waals surface area contributed by atoms with E-state index in [1.165, 1.54) is 21.9 Å². The minimum atomic E-state index is -1.04. The van der Waals surface area contributed by atoms with Gasteiger partial charge in [-0.3, -0.25) is 19.2 Å². The number of carbonyl (C=O) groups is 3. The summed E-state index contributed by atoms with van der Waals surface area (Å²) in [6.45, 7) is 0.985. The highest BCUT2D eigenvalue weighted by Gasteiger charge is 2.26. The molecule has 0 atom stereocenters. The molecule has 0 bridgehead atoms. The fraction of sp³-hybridized carbons (Fsp3) is 0.292. The number of carboxylic acids is 1. The van der Waals surface area contributed by atoms with Crippen LogP contribution in [-0.4, -0.2) is 69.1 Å². The first kappa shape index (κ1) is 23.1. The van der Waals surface area contributed by atoms with Gasteiger partial charge in [0, 0.05) is 44.4 Å². The highest BCUT2D eigenvalue weighted by molar-refractivity contribution is 5.95. The summed E-state index contributed by atoms with van der Waals surface area (Å²) in [6.07, 6.45) is -0.0352. The highest BCUT2D eigenvalue weighted by atomic mass is 19.1. The number of carbonyl (C=O) groups excluding carboxylic acids is 2. The Morgan fingerprint density at radius 3 is 2.35 bits per heavy atom. The van der Waals surface area contributed by atoms with E-state index in [2.05, 4.69) is 10.2 Å². The van der Waals surface area contributed by atoms with Gasteiger partial charge in [0.15, 0.2) is 0 Å². The average molecular weight is 466 g/mol. The van der Waals surface area contributed by atoms with Crippen molar-refractivity contribution < 1.29 is 23.9 Å². The molecule has 0 saturated carbocycles. The molecule has 176 valence electrons. The number of carboxylic acid groups (broad SMARTS) is 1. The molecule has 9 nitrogen and oxygen atoms in total. The number of hydrogen-bond acceptors (Lipinski definition) is 5. The van der Waals surface area contributed by atoms with Gasteiger partial charge in [-0.2, -0.15) is 5.10 Å². The van der Waals surface area contributed by atoms with E-state index in [1.807, 2.05) is 0 Å². The van der Waals surface area contributed by atoms with Crippen LogP contribution in [0, 0.1) is 5.82 Å². The molecule has 4 rings (SSSR count). The third-order valence-corrected chi connectivity index (χ3v) is 5.88. The number of aromatic nitrogens is 2. The van der Waals surface area contributed by atoms with Crippen LogP contribution in [0.4, 0.5) is 4.39 Å². The van der Waals surface area contributed by atoms with Gasteiger partial charge in [-0.25, -0.2) is 9.49 Å². The molecule has 2 aromatic carbocycles. The van der Waals surface area contributed by atoms with E-state index < -0.39 is 17.7 Å². The van der Waals surface area contributed by atoms with Crippen molar-refractivity contribution in [2.75, 3.05) is 26.2 Å². The largest absolute Gasteiger partial charge is 0.481 e. The average Bonchev–Trinajstić information content (AvgIpc) is 2.85. The Morgan fingerprint density at radius 1 is 0.971 bits per heavy atom. The molecule has 2 N–H and O–H groups in total. The number of piperazine rings is 1. The Morgan fingerprint density at radius 2 is 1.65 bits per heavy atom. The third kappa shape index (κ3) is 4.95. The van der Waals surface area contributed by atoms with Crippen LogP contribution in [-0.2, 0) is 16.0 Å². The standard InChI is InChI=1S/C24H23FN4O5/c25-19-6-5-15(14-20-16-3-1-2-4-17(16)23(33)27-26-20)13-18(19)24(34)29-11-9-28(10-12-29)21(30)7-8-22(31)32/h1-6,13H,7-12,14H2,(H,27,33)(H,31,32). The molecule has 1 saturated heterocycles. The number of amides is 2. The molecule has 0 radical (unpaired) electrons. The number of aliphatic carboxylic acids is 1. The van der Waals surface area contributed by atoms with Gasteiger partial charge in [0.2, 0.25) is 5.91 Å². The second-order valence-corrected chi connectivity index (χ2v) is 8.10. The highest BCUT2D eigenvalue weighted by Crippen LogP contribution is 2.20. The van der Waals surface area contributed by atoms with Gasteiger partial charge < -0.3 is 14.9 Å². The second kappa shape index (κ2) is 9.82. The zero-order valence-corrected chi connectivity index (χ0v) is 18.3. The number of benzene rings is 2. The summed E-state index contributed by atoms with van der Waals surface area (Å²) in [6, 6.07) is 11.4. The molecule has 3 aromatic rings. The van der Waals surface area contributed by atoms with Crippen LogP contribution in [0.1, 0.15) is 34.5 Å². The maximum Gasteiger partial charge on any atom is 0.303 e. The van der Waals surface area contributed by atoms with Crippen LogP contribution in [0.2, 0.25) is 0 Å². The van der Waals surface area contributed by atoms with Gasteiger partial charge in [0.25, 0.3) is 11.5 Å². The first-order valence-electron chi connectivity index (χ1n) is 10.9. The molecule has 1 fully saturated rings. The Labute approximate surface area is 193 Å². The zero-order chi connectivity index (χ0) is 24.2. The minimum absolute atomic E-state index is 0.0723. The van der Waals surface area contributed by atoms with E-state index in [4.69, 9.17) is 5.11 Å². The number of hydrogen-bond donors (Lipinski definition) is 2. The van der Waals surface area contributed by atoms with Crippen molar-refractivity contribution in [3.63, 3.8) is 0 Å². The summed E-state index contributed by atoms with van der Waals surface area (Å²) >= 11 is 0. The van der Waals surface area contributed by atoms with Crippen molar-refractivity contribution in [3.8, 4) is 0 Å². The summed E-state index contributed by atoms with van der Waals surface area (Å²) in [7, 11) is 0. The summed E-state index contributed by atoms with van der Waals surface area (Å²) in [4.78, 5) is 50.8. The van der Waals surface area contributed by atoms with Crippen molar-refractivity contribution in [3.05, 3.63) is 75.5 Å². The van der Waals surface area contributed by atoms with Crippen molar-refractivity contribution in [2.45, 2.75) is 19.3 Å². The fourth-order valence-electron chi connectivity index (χ4n) is 4.05. The van der Waals surface area contributed by atoms with Crippen molar-refractivity contribution in [1.82, 2.24) is 20.0 Å². The first-order valence-corrected chi connectivity index (χ1v) is 10.9. The van der Waals surface area contributed by atoms with Gasteiger partial charge in [0.1, 0.15) is 5.82 Å². The molecule has 0 unspecified atom stereocenters. The quantitative estimate of drug-likeness (QED) is 0.571. The van der Waals surface area contributed by atoms with Crippen LogP contribution < -0.4 is 5.56 Å². The molecule has 0 spiro atoms. The van der Waals surface area contributed by atoms with Crippen molar-refractivity contribution >= 4 is 28.6 Å². The number of rotatable bonds is 6. The number of H-pyrrole nitrogens is 1. The maximum absolute atomic E-state index is 14.6. The topological polar surface area (TPSA) is 124 Å². The second-order valence-electron chi connectivity index (χ2n) is 8.10. The first-order chi connectivity index (χ1) is 16.3. The van der Waals surface area contributed by atoms with Crippen LogP contribution in [0.5, 0.6) is 0 Å². The Hall–Kier alpha value is -4.08. The van der Waals surface area contributed by atoms with Gasteiger partial charge in [0.05, 0.1) is 23.1 Å². The molecular weight excluding hydrogens is 443 g/mol. The van der Waals surface area contributed by atoms with Crippen LogP contribution >= 0.6 is 0 Å². The van der Waals surface area contributed by atoms with Gasteiger partial charge in [-0.05, 0) is 23.8 Å². The number of nitrogens with zero attached hydrogens (tertiary/aromatic N) is 3. The predicted molar refractivity (Wildman–Crippen MR) is 121 cm³/mol. The zero-order valence-electron chi connectivity index (χ0n) is 18.3. The van der Waals surface area contributed by atoms with Gasteiger partial charge >= 0.3 is 5.97 Å². The van der Waals surface area contributed by atoms with Gasteiger partial charge in [-0.1, -0.05) is 24.3 Å². The minimum Gasteiger partial charge on any atom is -0.481 e. The lowest BCUT2D eigenvalue weighted by molar-refractivity contribution is -0.141. The monoisotopic (exact) mass is 466 g/mol. The smallest absolute Gasteiger partial charge is 0.303 e. The molecule has 34 heavy (non-hydrogen) atoms. The lowest BCUT2D eigenvalue weighted by Crippen LogP contribution is -2.50. The SMILES string of the molecule is O=C(O)CCC(=O)N1CCN(C(=O)c2cc(Cc3n[nH]c(=O)c4ccccc34)ccc2F)CC1. The predicted octanol–water partition coefficient (Wildman–Crippen LogP) is 1.80. The number of halogens is 1. The molecular formula is C24H23FN4O5. The summed E-state index contributed by atoms with van der Waals surface area (Å²) in [5, 5.41) is 16.5. The molecule has 2 amide bonds. The van der Waals surface area contributed by atoms with Crippen molar-refractivity contribution in [2.24, 2.45) is 0 Å². The Kier molecular flexibility index (Phi) is 6.67. The molecule has 0 aliphatic carbocycles. The summed E-state index contributed by atoms with van der Waals surface area (Å²) in [5.41, 5.74) is 0.900. The molecule has 1 aliphatic heterocycles. The van der Waals surface area contributed by atoms with Crippen molar-refractivity contribution in [1.29, 1.82) is 0 Å². The fourth-order valence-corrected chi connectivity index (χ4v) is 4.05. The van der Waals surface area contributed by atoms with E-state index in [-0.39, 0.29) is 56.1 Å². The van der Waals surface area contributed by atoms with Crippen LogP contribution in [0.25, 0.3) is 10.8 Å². The summed E-state index contributed by atoms with van der Waals surface area (Å²) in [5.74, 6) is -2.44. The van der Waals surface area contributed by atoms with Gasteiger partial charge in [-0.15, -0.1) is 0 Å². The normalized spacial score (nSPS) is 13.8. The molecule has 2 heterocycles. The maximum atomic E-state index is 14.6.